The van der Waals surface area contributed by atoms with Gasteiger partial charge < -0.3 is 4.74 Å². The molecule has 2 rings (SSSR count). The molecule has 0 unspecified atom stereocenters. The van der Waals surface area contributed by atoms with Gasteiger partial charge in [0.1, 0.15) is 12.4 Å². The molecule has 0 saturated heterocycles. The van der Waals surface area contributed by atoms with Crippen molar-refractivity contribution >= 4 is 22.2 Å². The number of hydrogen-bond donors (Lipinski definition) is 0. The molecule has 18 heavy (non-hydrogen) atoms. The lowest BCUT2D eigenvalue weighted by Crippen LogP contribution is -2.00. The quantitative estimate of drug-likeness (QED) is 0.811. The SMILES string of the molecule is Cc1c(Br)cccc1OCc1ccc(C=O)cn1. The number of aromatic nitrogens is 1. The number of hydrogen-bond acceptors (Lipinski definition) is 3. The molecule has 1 aromatic carbocycles. The van der Waals surface area contributed by atoms with Crippen molar-refractivity contribution in [2.24, 2.45) is 0 Å². The molecule has 0 bridgehead atoms. The third-order valence-electron chi connectivity index (χ3n) is 2.58. The zero-order chi connectivity index (χ0) is 13.0. The van der Waals surface area contributed by atoms with Gasteiger partial charge in [-0.1, -0.05) is 22.0 Å². The Hall–Kier alpha value is -1.68. The summed E-state index contributed by atoms with van der Waals surface area (Å²) in [6, 6.07) is 9.33. The first-order valence-electron chi connectivity index (χ1n) is 5.48. The van der Waals surface area contributed by atoms with Crippen LogP contribution in [0.2, 0.25) is 0 Å². The molecule has 0 fully saturated rings. The lowest BCUT2D eigenvalue weighted by molar-refractivity contribution is 0.112. The summed E-state index contributed by atoms with van der Waals surface area (Å²) in [6.07, 6.45) is 2.32. The van der Waals surface area contributed by atoms with Crippen molar-refractivity contribution in [1.82, 2.24) is 4.98 Å². The molecule has 0 aliphatic carbocycles. The lowest BCUT2D eigenvalue weighted by atomic mass is 10.2. The lowest BCUT2D eigenvalue weighted by Gasteiger charge is -2.09. The first-order valence-corrected chi connectivity index (χ1v) is 6.28. The van der Waals surface area contributed by atoms with E-state index in [2.05, 4.69) is 20.9 Å². The normalized spacial score (nSPS) is 10.1. The Bertz CT molecular complexity index is 552. The van der Waals surface area contributed by atoms with Crippen molar-refractivity contribution in [3.8, 4) is 5.75 Å². The molecule has 0 atom stereocenters. The maximum atomic E-state index is 10.5. The van der Waals surface area contributed by atoms with Gasteiger partial charge in [0.2, 0.25) is 0 Å². The highest BCUT2D eigenvalue weighted by molar-refractivity contribution is 9.10. The molecule has 0 radical (unpaired) electrons. The fourth-order valence-corrected chi connectivity index (χ4v) is 1.83. The van der Waals surface area contributed by atoms with Crippen LogP contribution in [-0.2, 0) is 6.61 Å². The average molecular weight is 306 g/mol. The summed E-state index contributed by atoms with van der Waals surface area (Å²) in [5.74, 6) is 0.825. The predicted octanol–water partition coefficient (Wildman–Crippen LogP) is 3.54. The Morgan fingerprint density at radius 2 is 2.17 bits per heavy atom. The standard InChI is InChI=1S/C14H12BrNO2/c1-10-13(15)3-2-4-14(10)18-9-12-6-5-11(8-17)7-16-12/h2-8H,9H2,1H3. The van der Waals surface area contributed by atoms with Crippen LogP contribution in [-0.4, -0.2) is 11.3 Å². The number of ether oxygens (including phenoxy) is 1. The van der Waals surface area contributed by atoms with E-state index in [4.69, 9.17) is 4.74 Å². The highest BCUT2D eigenvalue weighted by Crippen LogP contribution is 2.25. The molecule has 0 aliphatic heterocycles. The number of aldehydes is 1. The van der Waals surface area contributed by atoms with Crippen LogP contribution in [0.5, 0.6) is 5.75 Å². The van der Waals surface area contributed by atoms with Gasteiger partial charge in [-0.2, -0.15) is 0 Å². The molecule has 0 amide bonds. The van der Waals surface area contributed by atoms with Gasteiger partial charge in [-0.05, 0) is 31.2 Å². The van der Waals surface area contributed by atoms with E-state index in [1.165, 1.54) is 0 Å². The van der Waals surface area contributed by atoms with E-state index in [9.17, 15) is 4.79 Å². The minimum Gasteiger partial charge on any atom is -0.487 e. The number of rotatable bonds is 4. The minimum atomic E-state index is 0.385. The second-order valence-electron chi connectivity index (χ2n) is 3.85. The van der Waals surface area contributed by atoms with Crippen LogP contribution in [0.15, 0.2) is 41.0 Å². The Morgan fingerprint density at radius 3 is 2.83 bits per heavy atom. The summed E-state index contributed by atoms with van der Waals surface area (Å²) in [5, 5.41) is 0. The maximum Gasteiger partial charge on any atom is 0.151 e. The van der Waals surface area contributed by atoms with Crippen LogP contribution in [0, 0.1) is 6.92 Å². The maximum absolute atomic E-state index is 10.5. The molecule has 3 nitrogen and oxygen atoms in total. The fraction of sp³-hybridized carbons (Fsp3) is 0.143. The molecule has 0 aliphatic rings. The summed E-state index contributed by atoms with van der Waals surface area (Å²) in [4.78, 5) is 14.7. The van der Waals surface area contributed by atoms with Gasteiger partial charge in [0.25, 0.3) is 0 Å². The van der Waals surface area contributed by atoms with Gasteiger partial charge in [0.05, 0.1) is 5.69 Å². The monoisotopic (exact) mass is 305 g/mol. The first kappa shape index (κ1) is 12.8. The zero-order valence-electron chi connectivity index (χ0n) is 9.89. The minimum absolute atomic E-state index is 0.385. The molecule has 0 saturated carbocycles. The smallest absolute Gasteiger partial charge is 0.151 e. The van der Waals surface area contributed by atoms with Gasteiger partial charge in [-0.3, -0.25) is 9.78 Å². The van der Waals surface area contributed by atoms with Crippen molar-refractivity contribution in [1.29, 1.82) is 0 Å². The summed E-state index contributed by atoms with van der Waals surface area (Å²) in [6.45, 7) is 2.37. The first-order chi connectivity index (χ1) is 8.70. The molecule has 1 heterocycles. The van der Waals surface area contributed by atoms with E-state index in [0.717, 1.165) is 27.8 Å². The second kappa shape index (κ2) is 5.78. The number of carbonyl (C=O) groups excluding carboxylic acids is 1. The summed E-state index contributed by atoms with van der Waals surface area (Å²) in [7, 11) is 0. The summed E-state index contributed by atoms with van der Waals surface area (Å²) < 4.78 is 6.71. The second-order valence-corrected chi connectivity index (χ2v) is 4.71. The van der Waals surface area contributed by atoms with Crippen molar-refractivity contribution in [3.63, 3.8) is 0 Å². The van der Waals surface area contributed by atoms with Gasteiger partial charge in [0.15, 0.2) is 6.29 Å². The van der Waals surface area contributed by atoms with Crippen molar-refractivity contribution < 1.29 is 9.53 Å². The van der Waals surface area contributed by atoms with E-state index in [1.807, 2.05) is 25.1 Å². The molecule has 0 N–H and O–H groups in total. The average Bonchev–Trinajstić information content (AvgIpc) is 2.41. The number of halogens is 1. The third kappa shape index (κ3) is 2.96. The Morgan fingerprint density at radius 1 is 1.33 bits per heavy atom. The Labute approximate surface area is 114 Å². The van der Waals surface area contributed by atoms with Gasteiger partial charge >= 0.3 is 0 Å². The number of benzene rings is 1. The zero-order valence-corrected chi connectivity index (χ0v) is 11.5. The van der Waals surface area contributed by atoms with Gasteiger partial charge in [-0.15, -0.1) is 0 Å². The van der Waals surface area contributed by atoms with E-state index in [1.54, 1.807) is 18.3 Å². The van der Waals surface area contributed by atoms with Crippen molar-refractivity contribution in [2.45, 2.75) is 13.5 Å². The van der Waals surface area contributed by atoms with E-state index >= 15 is 0 Å². The van der Waals surface area contributed by atoms with Crippen LogP contribution in [0.1, 0.15) is 21.6 Å². The van der Waals surface area contributed by atoms with Crippen LogP contribution in [0.3, 0.4) is 0 Å². The molecule has 92 valence electrons. The highest BCUT2D eigenvalue weighted by atomic mass is 79.9. The number of carbonyl (C=O) groups is 1. The topological polar surface area (TPSA) is 39.2 Å². The van der Waals surface area contributed by atoms with E-state index in [0.29, 0.717) is 12.2 Å². The number of pyridine rings is 1. The van der Waals surface area contributed by atoms with Crippen molar-refractivity contribution in [3.05, 3.63) is 57.8 Å². The molecule has 2 aromatic rings. The molecule has 1 aromatic heterocycles. The molecular weight excluding hydrogens is 294 g/mol. The van der Waals surface area contributed by atoms with Crippen LogP contribution < -0.4 is 4.74 Å². The van der Waals surface area contributed by atoms with Gasteiger partial charge in [0, 0.05) is 21.8 Å². The predicted molar refractivity (Wildman–Crippen MR) is 72.8 cm³/mol. The van der Waals surface area contributed by atoms with E-state index < -0.39 is 0 Å². The Balaban J connectivity index is 2.06. The molecular formula is C14H12BrNO2. The Kier molecular flexibility index (Phi) is 4.10. The van der Waals surface area contributed by atoms with Gasteiger partial charge in [-0.25, -0.2) is 0 Å². The molecule has 0 spiro atoms. The largest absolute Gasteiger partial charge is 0.487 e. The fourth-order valence-electron chi connectivity index (χ4n) is 1.49. The summed E-state index contributed by atoms with van der Waals surface area (Å²) in [5.41, 5.74) is 2.42. The molecule has 4 heteroatoms. The van der Waals surface area contributed by atoms with Crippen LogP contribution in [0.4, 0.5) is 0 Å². The number of nitrogens with zero attached hydrogens (tertiary/aromatic N) is 1. The van der Waals surface area contributed by atoms with E-state index in [-0.39, 0.29) is 0 Å². The highest BCUT2D eigenvalue weighted by Gasteiger charge is 2.03. The van der Waals surface area contributed by atoms with Crippen LogP contribution in [0.25, 0.3) is 0 Å². The third-order valence-corrected chi connectivity index (χ3v) is 3.44. The van der Waals surface area contributed by atoms with Crippen LogP contribution >= 0.6 is 15.9 Å². The van der Waals surface area contributed by atoms with Crippen molar-refractivity contribution in [2.75, 3.05) is 0 Å². The summed E-state index contributed by atoms with van der Waals surface area (Å²) >= 11 is 3.46.